The van der Waals surface area contributed by atoms with Gasteiger partial charge in [-0.05, 0) is 50.9 Å². The molecule has 130 valence electrons. The van der Waals surface area contributed by atoms with Crippen LogP contribution in [0, 0.1) is 13.8 Å². The standard InChI is InChI=1S/C19H33N3S/c1-16-12-18(14-21(4)10-11-23-5)17(2)19(13-16)15-22-8-6-20(3)7-9-22/h12-13H,6-11,14-15H2,1-5H3. The van der Waals surface area contributed by atoms with Crippen LogP contribution >= 0.6 is 11.8 Å². The molecule has 0 aliphatic carbocycles. The third kappa shape index (κ3) is 5.79. The maximum atomic E-state index is 2.60. The van der Waals surface area contributed by atoms with E-state index in [1.165, 1.54) is 54.2 Å². The monoisotopic (exact) mass is 335 g/mol. The molecule has 0 N–H and O–H groups in total. The predicted octanol–water partition coefficient (Wildman–Crippen LogP) is 2.85. The number of hydrogen-bond acceptors (Lipinski definition) is 4. The van der Waals surface area contributed by atoms with Gasteiger partial charge in [-0.1, -0.05) is 17.7 Å². The Balaban J connectivity index is 2.05. The number of aryl methyl sites for hydroxylation is 1. The smallest absolute Gasteiger partial charge is 0.0237 e. The second kappa shape index (κ2) is 9.07. The summed E-state index contributed by atoms with van der Waals surface area (Å²) in [6, 6.07) is 4.76. The van der Waals surface area contributed by atoms with Crippen LogP contribution in [0.3, 0.4) is 0 Å². The predicted molar refractivity (Wildman–Crippen MR) is 103 cm³/mol. The third-order valence-corrected chi connectivity index (χ3v) is 5.47. The molecule has 0 aromatic heterocycles. The fraction of sp³-hybridized carbons (Fsp3) is 0.684. The van der Waals surface area contributed by atoms with Gasteiger partial charge < -0.3 is 9.80 Å². The number of piperazine rings is 1. The van der Waals surface area contributed by atoms with E-state index in [1.54, 1.807) is 0 Å². The van der Waals surface area contributed by atoms with Crippen LogP contribution in [0.2, 0.25) is 0 Å². The largest absolute Gasteiger partial charge is 0.304 e. The zero-order valence-electron chi connectivity index (χ0n) is 15.6. The van der Waals surface area contributed by atoms with E-state index in [0.717, 1.165) is 19.6 Å². The number of thioether (sulfide) groups is 1. The molecule has 0 bridgehead atoms. The number of likely N-dealkylation sites (N-methyl/N-ethyl adjacent to an activating group) is 1. The van der Waals surface area contributed by atoms with Crippen molar-refractivity contribution >= 4 is 11.8 Å². The van der Waals surface area contributed by atoms with Crippen molar-refractivity contribution in [3.63, 3.8) is 0 Å². The minimum atomic E-state index is 1.06. The average molecular weight is 336 g/mol. The molecule has 0 radical (unpaired) electrons. The molecule has 0 saturated carbocycles. The lowest BCUT2D eigenvalue weighted by molar-refractivity contribution is 0.148. The Morgan fingerprint density at radius 2 is 1.74 bits per heavy atom. The molecule has 3 nitrogen and oxygen atoms in total. The van der Waals surface area contributed by atoms with Crippen LogP contribution in [0.25, 0.3) is 0 Å². The van der Waals surface area contributed by atoms with E-state index >= 15 is 0 Å². The van der Waals surface area contributed by atoms with Gasteiger partial charge in [0.25, 0.3) is 0 Å². The summed E-state index contributed by atoms with van der Waals surface area (Å²) in [7, 11) is 4.45. The molecule has 2 rings (SSSR count). The first-order valence-electron chi connectivity index (χ1n) is 8.67. The minimum Gasteiger partial charge on any atom is -0.304 e. The topological polar surface area (TPSA) is 9.72 Å². The molecule has 0 atom stereocenters. The van der Waals surface area contributed by atoms with Crippen molar-refractivity contribution < 1.29 is 0 Å². The van der Waals surface area contributed by atoms with Crippen LogP contribution in [0.1, 0.15) is 22.3 Å². The molecule has 1 saturated heterocycles. The molecule has 1 aromatic carbocycles. The molecule has 0 unspecified atom stereocenters. The Morgan fingerprint density at radius 3 is 2.39 bits per heavy atom. The summed E-state index contributed by atoms with van der Waals surface area (Å²) in [5, 5.41) is 0. The summed E-state index contributed by atoms with van der Waals surface area (Å²) >= 11 is 1.92. The van der Waals surface area contributed by atoms with Gasteiger partial charge >= 0.3 is 0 Å². The van der Waals surface area contributed by atoms with E-state index in [0.29, 0.717) is 0 Å². The van der Waals surface area contributed by atoms with Crippen LogP contribution in [-0.4, -0.2) is 73.5 Å². The fourth-order valence-electron chi connectivity index (χ4n) is 3.21. The summed E-state index contributed by atoms with van der Waals surface area (Å²) in [4.78, 5) is 7.46. The summed E-state index contributed by atoms with van der Waals surface area (Å²) in [5.74, 6) is 1.20. The van der Waals surface area contributed by atoms with Gasteiger partial charge in [-0.3, -0.25) is 4.90 Å². The van der Waals surface area contributed by atoms with Crippen LogP contribution in [0.4, 0.5) is 0 Å². The quantitative estimate of drug-likeness (QED) is 0.758. The molecular formula is C19H33N3S. The zero-order chi connectivity index (χ0) is 16.8. The van der Waals surface area contributed by atoms with Crippen molar-refractivity contribution in [2.24, 2.45) is 0 Å². The van der Waals surface area contributed by atoms with Gasteiger partial charge in [0.05, 0.1) is 0 Å². The van der Waals surface area contributed by atoms with Crippen molar-refractivity contribution in [2.75, 3.05) is 58.8 Å². The molecular weight excluding hydrogens is 302 g/mol. The van der Waals surface area contributed by atoms with Crippen molar-refractivity contribution in [1.29, 1.82) is 0 Å². The summed E-state index contributed by atoms with van der Waals surface area (Å²) < 4.78 is 0. The molecule has 1 fully saturated rings. The van der Waals surface area contributed by atoms with Crippen LogP contribution < -0.4 is 0 Å². The van der Waals surface area contributed by atoms with Crippen LogP contribution in [-0.2, 0) is 13.1 Å². The minimum absolute atomic E-state index is 1.06. The van der Waals surface area contributed by atoms with E-state index in [1.807, 2.05) is 11.8 Å². The Morgan fingerprint density at radius 1 is 1.09 bits per heavy atom. The zero-order valence-corrected chi connectivity index (χ0v) is 16.4. The first kappa shape index (κ1) is 18.8. The highest BCUT2D eigenvalue weighted by atomic mass is 32.2. The van der Waals surface area contributed by atoms with Crippen LogP contribution in [0.15, 0.2) is 12.1 Å². The molecule has 0 amide bonds. The van der Waals surface area contributed by atoms with E-state index in [9.17, 15) is 0 Å². The number of hydrogen-bond donors (Lipinski definition) is 0. The van der Waals surface area contributed by atoms with Gasteiger partial charge in [0.2, 0.25) is 0 Å². The van der Waals surface area contributed by atoms with E-state index in [-0.39, 0.29) is 0 Å². The molecule has 1 aliphatic heterocycles. The van der Waals surface area contributed by atoms with Gasteiger partial charge in [-0.25, -0.2) is 0 Å². The Hall–Kier alpha value is -0.550. The molecule has 1 heterocycles. The van der Waals surface area contributed by atoms with Crippen molar-refractivity contribution in [3.05, 3.63) is 34.4 Å². The first-order chi connectivity index (χ1) is 11.0. The molecule has 1 aliphatic rings. The van der Waals surface area contributed by atoms with Gasteiger partial charge in [0.1, 0.15) is 0 Å². The highest BCUT2D eigenvalue weighted by Crippen LogP contribution is 2.20. The lowest BCUT2D eigenvalue weighted by atomic mass is 9.98. The Bertz CT molecular complexity index is 496. The summed E-state index contributed by atoms with van der Waals surface area (Å²) in [6.45, 7) is 12.6. The van der Waals surface area contributed by atoms with Crippen molar-refractivity contribution in [3.8, 4) is 0 Å². The molecule has 4 heteroatoms. The fourth-order valence-corrected chi connectivity index (χ4v) is 3.70. The normalized spacial score (nSPS) is 17.1. The van der Waals surface area contributed by atoms with Crippen molar-refractivity contribution in [1.82, 2.24) is 14.7 Å². The maximum absolute atomic E-state index is 2.60. The van der Waals surface area contributed by atoms with Gasteiger partial charge in [0.15, 0.2) is 0 Å². The lowest BCUT2D eigenvalue weighted by Crippen LogP contribution is -2.44. The Labute approximate surface area is 147 Å². The summed E-state index contributed by atoms with van der Waals surface area (Å²) in [5.41, 5.74) is 5.90. The van der Waals surface area contributed by atoms with Crippen LogP contribution in [0.5, 0.6) is 0 Å². The van der Waals surface area contributed by atoms with Gasteiger partial charge in [-0.2, -0.15) is 11.8 Å². The highest BCUT2D eigenvalue weighted by molar-refractivity contribution is 7.98. The second-order valence-electron chi connectivity index (χ2n) is 7.02. The molecule has 23 heavy (non-hydrogen) atoms. The molecule has 1 aromatic rings. The Kier molecular flexibility index (Phi) is 7.41. The van der Waals surface area contributed by atoms with Crippen molar-refractivity contribution in [2.45, 2.75) is 26.9 Å². The number of nitrogens with zero attached hydrogens (tertiary/aromatic N) is 3. The van der Waals surface area contributed by atoms with Gasteiger partial charge in [-0.15, -0.1) is 0 Å². The van der Waals surface area contributed by atoms with E-state index in [4.69, 9.17) is 0 Å². The lowest BCUT2D eigenvalue weighted by Gasteiger charge is -2.33. The maximum Gasteiger partial charge on any atom is 0.0237 e. The van der Waals surface area contributed by atoms with E-state index in [2.05, 4.69) is 61.0 Å². The summed E-state index contributed by atoms with van der Waals surface area (Å²) in [6.07, 6.45) is 2.18. The third-order valence-electron chi connectivity index (χ3n) is 4.87. The number of rotatable bonds is 7. The first-order valence-corrected chi connectivity index (χ1v) is 10.1. The number of benzene rings is 1. The van der Waals surface area contributed by atoms with E-state index < -0.39 is 0 Å². The molecule has 0 spiro atoms. The second-order valence-corrected chi connectivity index (χ2v) is 8.00. The average Bonchev–Trinajstić information content (AvgIpc) is 2.52. The highest BCUT2D eigenvalue weighted by Gasteiger charge is 2.16. The van der Waals surface area contributed by atoms with Gasteiger partial charge in [0, 0.05) is 51.6 Å². The SMILES string of the molecule is CSCCN(C)Cc1cc(C)cc(CN2CCN(C)CC2)c1C.